The predicted molar refractivity (Wildman–Crippen MR) is 38.7 cm³/mol. The first-order valence-electron chi connectivity index (χ1n) is 3.15. The Kier molecular flexibility index (Phi) is 2.34. The molecule has 0 amide bonds. The van der Waals surface area contributed by atoms with Crippen LogP contribution in [0.1, 0.15) is 5.76 Å². The maximum absolute atomic E-state index is 5.53. The van der Waals surface area contributed by atoms with Crippen molar-refractivity contribution in [3.05, 3.63) is 18.1 Å². The molecule has 0 saturated heterocycles. The molecule has 1 heterocycles. The van der Waals surface area contributed by atoms with Gasteiger partial charge in [-0.15, -0.1) is 0 Å². The summed E-state index contributed by atoms with van der Waals surface area (Å²) in [5.74, 6) is 0.807. The third kappa shape index (κ3) is 1.51. The van der Waals surface area contributed by atoms with Crippen molar-refractivity contribution in [2.45, 2.75) is 6.42 Å². The summed E-state index contributed by atoms with van der Waals surface area (Å²) in [6, 6.07) is 1.74. The fourth-order valence-corrected chi connectivity index (χ4v) is 0.748. The molecule has 0 atom stereocenters. The van der Waals surface area contributed by atoms with Crippen molar-refractivity contribution in [2.24, 2.45) is 0 Å². The van der Waals surface area contributed by atoms with Crippen LogP contribution in [0.15, 0.2) is 16.7 Å². The number of furan rings is 1. The van der Waals surface area contributed by atoms with Gasteiger partial charge in [-0.05, 0) is 6.07 Å². The topological polar surface area (TPSA) is 48.4 Å². The van der Waals surface area contributed by atoms with Crippen LogP contribution in [0.5, 0.6) is 0 Å². The number of nitrogen functional groups attached to an aromatic ring is 1. The average molecular weight is 141 g/mol. The quantitative estimate of drug-likeness (QED) is 0.684. The van der Waals surface area contributed by atoms with E-state index in [0.717, 1.165) is 12.2 Å². The molecular formula is C7H11NO2. The van der Waals surface area contributed by atoms with E-state index in [1.54, 1.807) is 19.4 Å². The van der Waals surface area contributed by atoms with Gasteiger partial charge in [0.15, 0.2) is 0 Å². The summed E-state index contributed by atoms with van der Waals surface area (Å²) in [5, 5.41) is 0. The monoisotopic (exact) mass is 141 g/mol. The van der Waals surface area contributed by atoms with Gasteiger partial charge in [0.25, 0.3) is 0 Å². The Morgan fingerprint density at radius 2 is 2.50 bits per heavy atom. The Morgan fingerprint density at radius 1 is 1.70 bits per heavy atom. The molecular weight excluding hydrogens is 130 g/mol. The normalized spacial score (nSPS) is 10.1. The molecule has 0 fully saturated rings. The van der Waals surface area contributed by atoms with Crippen LogP contribution in [0.2, 0.25) is 0 Å². The predicted octanol–water partition coefficient (Wildman–Crippen LogP) is 1.05. The van der Waals surface area contributed by atoms with Crippen molar-refractivity contribution in [1.82, 2.24) is 0 Å². The number of ether oxygens (including phenoxy) is 1. The molecule has 2 N–H and O–H groups in total. The molecule has 1 aromatic rings. The van der Waals surface area contributed by atoms with Crippen LogP contribution in [0, 0.1) is 0 Å². The molecule has 3 heteroatoms. The summed E-state index contributed by atoms with van der Waals surface area (Å²) in [4.78, 5) is 0. The average Bonchev–Trinajstić information content (AvgIpc) is 2.31. The van der Waals surface area contributed by atoms with Crippen molar-refractivity contribution >= 4 is 5.69 Å². The van der Waals surface area contributed by atoms with Gasteiger partial charge in [0, 0.05) is 13.5 Å². The van der Waals surface area contributed by atoms with Crippen molar-refractivity contribution in [3.8, 4) is 0 Å². The lowest BCUT2D eigenvalue weighted by molar-refractivity contribution is 0.197. The Hall–Kier alpha value is -0.960. The minimum atomic E-state index is 0.651. The summed E-state index contributed by atoms with van der Waals surface area (Å²) in [5.41, 5.74) is 6.24. The summed E-state index contributed by atoms with van der Waals surface area (Å²) < 4.78 is 9.92. The Morgan fingerprint density at radius 3 is 3.00 bits per heavy atom. The van der Waals surface area contributed by atoms with E-state index >= 15 is 0 Å². The highest BCUT2D eigenvalue weighted by atomic mass is 16.5. The molecule has 0 unspecified atom stereocenters. The fraction of sp³-hybridized carbons (Fsp3) is 0.429. The largest absolute Gasteiger partial charge is 0.467 e. The van der Waals surface area contributed by atoms with Crippen LogP contribution >= 0.6 is 0 Å². The van der Waals surface area contributed by atoms with Gasteiger partial charge >= 0.3 is 0 Å². The van der Waals surface area contributed by atoms with E-state index in [-0.39, 0.29) is 0 Å². The molecule has 0 aliphatic carbocycles. The number of hydrogen-bond donors (Lipinski definition) is 1. The minimum absolute atomic E-state index is 0.651. The van der Waals surface area contributed by atoms with Gasteiger partial charge in [0.05, 0.1) is 18.6 Å². The third-order valence-corrected chi connectivity index (χ3v) is 1.31. The van der Waals surface area contributed by atoms with Crippen LogP contribution in [0.3, 0.4) is 0 Å². The number of hydrogen-bond acceptors (Lipinski definition) is 3. The van der Waals surface area contributed by atoms with E-state index in [0.29, 0.717) is 12.3 Å². The highest BCUT2D eigenvalue weighted by Gasteiger charge is 2.00. The third-order valence-electron chi connectivity index (χ3n) is 1.31. The van der Waals surface area contributed by atoms with Gasteiger partial charge in [0.1, 0.15) is 5.76 Å². The maximum atomic E-state index is 5.53. The van der Waals surface area contributed by atoms with Crippen LogP contribution in [0.25, 0.3) is 0 Å². The van der Waals surface area contributed by atoms with Crippen molar-refractivity contribution < 1.29 is 9.15 Å². The highest BCUT2D eigenvalue weighted by Crippen LogP contribution is 2.12. The molecule has 3 nitrogen and oxygen atoms in total. The lowest BCUT2D eigenvalue weighted by atomic mass is 10.3. The second kappa shape index (κ2) is 3.27. The zero-order valence-corrected chi connectivity index (χ0v) is 5.96. The number of methoxy groups -OCH3 is 1. The molecule has 10 heavy (non-hydrogen) atoms. The lowest BCUT2D eigenvalue weighted by Crippen LogP contribution is -1.95. The second-order valence-corrected chi connectivity index (χ2v) is 2.04. The Bertz CT molecular complexity index is 195. The second-order valence-electron chi connectivity index (χ2n) is 2.04. The molecule has 56 valence electrons. The van der Waals surface area contributed by atoms with Gasteiger partial charge < -0.3 is 14.9 Å². The first kappa shape index (κ1) is 7.15. The molecule has 0 aliphatic heterocycles. The standard InChI is InChI=1S/C7H11NO2/c1-9-4-3-7-6(8)2-5-10-7/h2,5H,3-4,8H2,1H3. The summed E-state index contributed by atoms with van der Waals surface area (Å²) in [6.07, 6.45) is 2.33. The molecule has 1 aromatic heterocycles. The zero-order valence-electron chi connectivity index (χ0n) is 5.96. The lowest BCUT2D eigenvalue weighted by Gasteiger charge is -1.95. The summed E-state index contributed by atoms with van der Waals surface area (Å²) in [7, 11) is 1.65. The molecule has 1 rings (SSSR count). The zero-order chi connectivity index (χ0) is 7.40. The van der Waals surface area contributed by atoms with Gasteiger partial charge in [-0.3, -0.25) is 0 Å². The number of rotatable bonds is 3. The first-order chi connectivity index (χ1) is 4.84. The van der Waals surface area contributed by atoms with Crippen LogP contribution in [-0.4, -0.2) is 13.7 Å². The van der Waals surface area contributed by atoms with E-state index in [1.807, 2.05) is 0 Å². The maximum Gasteiger partial charge on any atom is 0.128 e. The van der Waals surface area contributed by atoms with Crippen LogP contribution < -0.4 is 5.73 Å². The Labute approximate surface area is 59.8 Å². The van der Waals surface area contributed by atoms with Crippen LogP contribution in [0.4, 0.5) is 5.69 Å². The number of anilines is 1. The van der Waals surface area contributed by atoms with Gasteiger partial charge in [0.2, 0.25) is 0 Å². The highest BCUT2D eigenvalue weighted by molar-refractivity contribution is 5.40. The fourth-order valence-electron chi connectivity index (χ4n) is 0.748. The van der Waals surface area contributed by atoms with Gasteiger partial charge in [-0.1, -0.05) is 0 Å². The van der Waals surface area contributed by atoms with Crippen LogP contribution in [-0.2, 0) is 11.2 Å². The first-order valence-corrected chi connectivity index (χ1v) is 3.15. The summed E-state index contributed by atoms with van der Waals surface area (Å²) in [6.45, 7) is 0.651. The molecule has 0 bridgehead atoms. The SMILES string of the molecule is COCCc1occc1N. The van der Waals surface area contributed by atoms with E-state index < -0.39 is 0 Å². The van der Waals surface area contributed by atoms with Gasteiger partial charge in [-0.25, -0.2) is 0 Å². The Balaban J connectivity index is 2.49. The van der Waals surface area contributed by atoms with E-state index in [2.05, 4.69) is 0 Å². The van der Waals surface area contributed by atoms with Crippen molar-refractivity contribution in [2.75, 3.05) is 19.5 Å². The summed E-state index contributed by atoms with van der Waals surface area (Å²) >= 11 is 0. The molecule has 0 radical (unpaired) electrons. The molecule has 0 aliphatic rings. The van der Waals surface area contributed by atoms with Crippen molar-refractivity contribution in [1.29, 1.82) is 0 Å². The van der Waals surface area contributed by atoms with E-state index in [1.165, 1.54) is 0 Å². The van der Waals surface area contributed by atoms with E-state index in [9.17, 15) is 0 Å². The van der Waals surface area contributed by atoms with E-state index in [4.69, 9.17) is 14.9 Å². The molecule has 0 saturated carbocycles. The number of nitrogens with two attached hydrogens (primary N) is 1. The van der Waals surface area contributed by atoms with Gasteiger partial charge in [-0.2, -0.15) is 0 Å². The smallest absolute Gasteiger partial charge is 0.128 e. The molecule has 0 spiro atoms. The van der Waals surface area contributed by atoms with Crippen molar-refractivity contribution in [3.63, 3.8) is 0 Å². The molecule has 0 aromatic carbocycles. The minimum Gasteiger partial charge on any atom is -0.467 e.